The minimum Gasteiger partial charge on any atom is -0.357 e. The van der Waals surface area contributed by atoms with Crippen molar-refractivity contribution >= 4 is 16.5 Å². The van der Waals surface area contributed by atoms with Crippen LogP contribution in [0.15, 0.2) is 0 Å². The summed E-state index contributed by atoms with van der Waals surface area (Å²) >= 11 is 1.73. The molecule has 1 aromatic heterocycles. The van der Waals surface area contributed by atoms with Crippen molar-refractivity contribution in [3.05, 3.63) is 5.01 Å². The van der Waals surface area contributed by atoms with E-state index >= 15 is 0 Å². The van der Waals surface area contributed by atoms with Crippen LogP contribution in [-0.2, 0) is 6.42 Å². The maximum atomic E-state index is 4.27. The number of aromatic nitrogens is 2. The smallest absolute Gasteiger partial charge is 0.205 e. The van der Waals surface area contributed by atoms with Crippen LogP contribution in [0.25, 0.3) is 0 Å². The molecule has 102 valence electrons. The molecule has 1 aliphatic carbocycles. The van der Waals surface area contributed by atoms with Gasteiger partial charge in [0.15, 0.2) is 0 Å². The minimum atomic E-state index is 0.614. The molecule has 1 heterocycles. The first-order valence-corrected chi connectivity index (χ1v) is 8.08. The molecule has 3 nitrogen and oxygen atoms in total. The van der Waals surface area contributed by atoms with Crippen molar-refractivity contribution in [3.63, 3.8) is 0 Å². The van der Waals surface area contributed by atoms with Gasteiger partial charge < -0.3 is 5.32 Å². The fraction of sp³-hybridized carbons (Fsp3) is 0.857. The Morgan fingerprint density at radius 1 is 1.33 bits per heavy atom. The summed E-state index contributed by atoms with van der Waals surface area (Å²) in [6, 6.07) is 0.614. The lowest BCUT2D eigenvalue weighted by Crippen LogP contribution is -2.26. The van der Waals surface area contributed by atoms with E-state index in [1.54, 1.807) is 11.3 Å². The molecular weight excluding hydrogens is 242 g/mol. The Morgan fingerprint density at radius 2 is 2.17 bits per heavy atom. The molecule has 1 aromatic rings. The quantitative estimate of drug-likeness (QED) is 0.872. The van der Waals surface area contributed by atoms with E-state index in [1.165, 1.54) is 32.1 Å². The predicted molar refractivity (Wildman–Crippen MR) is 78.1 cm³/mol. The van der Waals surface area contributed by atoms with Crippen LogP contribution in [0.1, 0.15) is 57.9 Å². The molecule has 0 radical (unpaired) electrons. The zero-order valence-electron chi connectivity index (χ0n) is 11.8. The first-order chi connectivity index (χ1) is 8.67. The van der Waals surface area contributed by atoms with Crippen molar-refractivity contribution in [2.45, 2.75) is 65.3 Å². The highest BCUT2D eigenvalue weighted by molar-refractivity contribution is 7.15. The van der Waals surface area contributed by atoms with E-state index in [4.69, 9.17) is 0 Å². The number of hydrogen-bond donors (Lipinski definition) is 1. The monoisotopic (exact) mass is 267 g/mol. The van der Waals surface area contributed by atoms with E-state index in [-0.39, 0.29) is 0 Å². The first kappa shape index (κ1) is 13.8. The van der Waals surface area contributed by atoms with E-state index < -0.39 is 0 Å². The molecular formula is C14H25N3S. The van der Waals surface area contributed by atoms with E-state index in [1.807, 2.05) is 0 Å². The van der Waals surface area contributed by atoms with Crippen LogP contribution in [-0.4, -0.2) is 16.2 Å². The molecule has 18 heavy (non-hydrogen) atoms. The molecule has 2 atom stereocenters. The number of rotatable bonds is 5. The third-order valence-electron chi connectivity index (χ3n) is 3.74. The zero-order valence-corrected chi connectivity index (χ0v) is 12.6. The second kappa shape index (κ2) is 6.50. The van der Waals surface area contributed by atoms with Gasteiger partial charge in [-0.2, -0.15) is 0 Å². The summed E-state index contributed by atoms with van der Waals surface area (Å²) in [7, 11) is 0. The average Bonchev–Trinajstić information content (AvgIpc) is 2.76. The Balaban J connectivity index is 1.86. The minimum absolute atomic E-state index is 0.614. The Hall–Kier alpha value is -0.640. The fourth-order valence-electron chi connectivity index (χ4n) is 2.71. The Morgan fingerprint density at radius 3 is 2.89 bits per heavy atom. The third-order valence-corrected chi connectivity index (χ3v) is 4.61. The van der Waals surface area contributed by atoms with Crippen molar-refractivity contribution in [1.29, 1.82) is 0 Å². The normalized spacial score (nSPS) is 24.4. The summed E-state index contributed by atoms with van der Waals surface area (Å²) in [5, 5.41) is 14.3. The molecule has 0 bridgehead atoms. The van der Waals surface area contributed by atoms with Gasteiger partial charge in [0.2, 0.25) is 5.13 Å². The third kappa shape index (κ3) is 3.94. The molecule has 1 fully saturated rings. The lowest BCUT2D eigenvalue weighted by molar-refractivity contribution is 0.327. The van der Waals surface area contributed by atoms with Crippen LogP contribution in [0.4, 0.5) is 5.13 Å². The highest BCUT2D eigenvalue weighted by Gasteiger charge is 2.21. The average molecular weight is 267 g/mol. The lowest BCUT2D eigenvalue weighted by Gasteiger charge is -2.28. The molecule has 1 aliphatic rings. The van der Waals surface area contributed by atoms with Crippen molar-refractivity contribution in [2.75, 3.05) is 5.32 Å². The Kier molecular flexibility index (Phi) is 4.98. The molecule has 0 amide bonds. The Bertz CT molecular complexity index is 362. The molecule has 4 heteroatoms. The van der Waals surface area contributed by atoms with Gasteiger partial charge >= 0.3 is 0 Å². The maximum Gasteiger partial charge on any atom is 0.205 e. The van der Waals surface area contributed by atoms with Gasteiger partial charge in [0, 0.05) is 12.5 Å². The number of anilines is 1. The van der Waals surface area contributed by atoms with Crippen LogP contribution in [0.5, 0.6) is 0 Å². The summed E-state index contributed by atoms with van der Waals surface area (Å²) in [6.07, 6.45) is 7.71. The second-order valence-corrected chi connectivity index (χ2v) is 6.94. The molecule has 2 rings (SSSR count). The summed E-state index contributed by atoms with van der Waals surface area (Å²) in [5.41, 5.74) is 0. The fourth-order valence-corrected chi connectivity index (χ4v) is 3.74. The zero-order chi connectivity index (χ0) is 13.0. The van der Waals surface area contributed by atoms with Crippen LogP contribution < -0.4 is 5.32 Å². The van der Waals surface area contributed by atoms with E-state index in [0.717, 1.165) is 22.5 Å². The second-order valence-electron chi connectivity index (χ2n) is 5.88. The highest BCUT2D eigenvalue weighted by atomic mass is 32.1. The van der Waals surface area contributed by atoms with Gasteiger partial charge in [0.05, 0.1) is 0 Å². The lowest BCUT2D eigenvalue weighted by atomic mass is 9.84. The summed E-state index contributed by atoms with van der Waals surface area (Å²) in [4.78, 5) is 0. The summed E-state index contributed by atoms with van der Waals surface area (Å²) in [5.74, 6) is 1.56. The van der Waals surface area contributed by atoms with Gasteiger partial charge in [0.1, 0.15) is 5.01 Å². The number of nitrogens with zero attached hydrogens (tertiary/aromatic N) is 2. The number of hydrogen-bond acceptors (Lipinski definition) is 4. The SMILES string of the molecule is CCC1CCCC(Nc2nnc(CC(C)C)s2)C1. The molecule has 2 unspecified atom stereocenters. The maximum absolute atomic E-state index is 4.27. The van der Waals surface area contributed by atoms with Gasteiger partial charge in [-0.25, -0.2) is 0 Å². The van der Waals surface area contributed by atoms with Crippen LogP contribution >= 0.6 is 11.3 Å². The molecule has 1 N–H and O–H groups in total. The van der Waals surface area contributed by atoms with Crippen molar-refractivity contribution in [2.24, 2.45) is 11.8 Å². The predicted octanol–water partition coefficient (Wildman–Crippen LogP) is 4.12. The van der Waals surface area contributed by atoms with Crippen molar-refractivity contribution < 1.29 is 0 Å². The van der Waals surface area contributed by atoms with Crippen LogP contribution in [0.2, 0.25) is 0 Å². The molecule has 0 saturated heterocycles. The van der Waals surface area contributed by atoms with Gasteiger partial charge in [-0.15, -0.1) is 10.2 Å². The summed E-state index contributed by atoms with van der Waals surface area (Å²) < 4.78 is 0. The standard InChI is InChI=1S/C14H25N3S/c1-4-11-6-5-7-12(9-11)15-14-17-16-13(18-14)8-10(2)3/h10-12H,4-9H2,1-3H3,(H,15,17). The molecule has 0 aliphatic heterocycles. The van der Waals surface area contributed by atoms with E-state index in [9.17, 15) is 0 Å². The van der Waals surface area contributed by atoms with Crippen molar-refractivity contribution in [1.82, 2.24) is 10.2 Å². The van der Waals surface area contributed by atoms with Gasteiger partial charge in [-0.3, -0.25) is 0 Å². The van der Waals surface area contributed by atoms with Gasteiger partial charge in [-0.05, 0) is 24.7 Å². The van der Waals surface area contributed by atoms with Crippen LogP contribution in [0, 0.1) is 11.8 Å². The topological polar surface area (TPSA) is 37.8 Å². The van der Waals surface area contributed by atoms with Crippen LogP contribution in [0.3, 0.4) is 0 Å². The molecule has 1 saturated carbocycles. The Labute approximate surface area is 114 Å². The van der Waals surface area contributed by atoms with Gasteiger partial charge in [-0.1, -0.05) is 51.4 Å². The molecule has 0 spiro atoms. The first-order valence-electron chi connectivity index (χ1n) is 7.26. The molecule has 0 aromatic carbocycles. The van der Waals surface area contributed by atoms with Crippen molar-refractivity contribution in [3.8, 4) is 0 Å². The van der Waals surface area contributed by atoms with Gasteiger partial charge in [0.25, 0.3) is 0 Å². The summed E-state index contributed by atoms with van der Waals surface area (Å²) in [6.45, 7) is 6.75. The largest absolute Gasteiger partial charge is 0.357 e. The highest BCUT2D eigenvalue weighted by Crippen LogP contribution is 2.29. The van der Waals surface area contributed by atoms with E-state index in [0.29, 0.717) is 12.0 Å². The number of nitrogens with one attached hydrogen (secondary N) is 1. The van der Waals surface area contributed by atoms with E-state index in [2.05, 4.69) is 36.3 Å².